The lowest BCUT2D eigenvalue weighted by Crippen LogP contribution is -2.01. The average molecular weight is 409 g/mol. The Morgan fingerprint density at radius 2 is 1.88 bits per heavy atom. The zero-order valence-corrected chi connectivity index (χ0v) is 15.7. The lowest BCUT2D eigenvalue weighted by atomic mass is 10.1. The number of aromatic amines is 1. The van der Waals surface area contributed by atoms with E-state index in [9.17, 15) is 10.2 Å². The molecule has 0 aliphatic heterocycles. The summed E-state index contributed by atoms with van der Waals surface area (Å²) in [5.41, 5.74) is 1.42. The molecule has 0 unspecified atom stereocenters. The number of nitrogens with zero attached hydrogens (tertiary/aromatic N) is 3. The van der Waals surface area contributed by atoms with Crippen LogP contribution in [0.2, 0.25) is 10.0 Å². The van der Waals surface area contributed by atoms with E-state index in [1.165, 1.54) is 22.5 Å². The van der Waals surface area contributed by atoms with Crippen LogP contribution in [-0.4, -0.2) is 31.3 Å². The van der Waals surface area contributed by atoms with E-state index in [1.54, 1.807) is 0 Å². The van der Waals surface area contributed by atoms with Gasteiger partial charge in [0.05, 0.1) is 11.2 Å². The Kier molecular flexibility index (Phi) is 5.61. The third kappa shape index (κ3) is 3.90. The van der Waals surface area contributed by atoms with Crippen molar-refractivity contribution < 1.29 is 10.2 Å². The van der Waals surface area contributed by atoms with Gasteiger partial charge in [0.1, 0.15) is 10.8 Å². The molecule has 0 saturated heterocycles. The van der Waals surface area contributed by atoms with Crippen molar-refractivity contribution in [3.63, 3.8) is 0 Å². The van der Waals surface area contributed by atoms with Gasteiger partial charge in [0.2, 0.25) is 4.77 Å². The van der Waals surface area contributed by atoms with Gasteiger partial charge in [-0.15, -0.1) is 0 Å². The van der Waals surface area contributed by atoms with Gasteiger partial charge in [-0.1, -0.05) is 53.5 Å². The van der Waals surface area contributed by atoms with E-state index >= 15 is 0 Å². The number of halogens is 2. The first-order chi connectivity index (χ1) is 12.5. The SMILES string of the molecule is Oc1c(Cl)cc(/C=N\n2c(CCc3ccccc3)n[nH]c2=S)c(O)c1Cl. The predicted molar refractivity (Wildman–Crippen MR) is 104 cm³/mol. The smallest absolute Gasteiger partial charge is 0.216 e. The van der Waals surface area contributed by atoms with Crippen LogP contribution in [0.3, 0.4) is 0 Å². The molecular formula is C17H14Cl2N4O2S. The molecule has 0 atom stereocenters. The van der Waals surface area contributed by atoms with E-state index in [2.05, 4.69) is 15.3 Å². The predicted octanol–water partition coefficient (Wildman–Crippen LogP) is 4.33. The molecule has 134 valence electrons. The van der Waals surface area contributed by atoms with Gasteiger partial charge in [-0.05, 0) is 30.3 Å². The van der Waals surface area contributed by atoms with Crippen LogP contribution in [0.4, 0.5) is 0 Å². The van der Waals surface area contributed by atoms with Crippen LogP contribution < -0.4 is 0 Å². The number of hydrogen-bond acceptors (Lipinski definition) is 5. The summed E-state index contributed by atoms with van der Waals surface area (Å²) in [7, 11) is 0. The maximum Gasteiger partial charge on any atom is 0.216 e. The third-order valence-electron chi connectivity index (χ3n) is 3.71. The molecule has 0 radical (unpaired) electrons. The Hall–Kier alpha value is -2.35. The van der Waals surface area contributed by atoms with Crippen molar-refractivity contribution in [2.45, 2.75) is 12.8 Å². The van der Waals surface area contributed by atoms with Gasteiger partial charge in [0, 0.05) is 12.0 Å². The zero-order chi connectivity index (χ0) is 18.7. The standard InChI is InChI=1S/C17H14Cl2N4O2S/c18-12-8-11(15(24)14(19)16(12)25)9-20-23-13(21-22-17(23)26)7-6-10-4-2-1-3-5-10/h1-5,8-9,24-25H,6-7H2,(H,22,26)/b20-9-. The lowest BCUT2D eigenvalue weighted by molar-refractivity contribution is 0.450. The molecule has 0 fully saturated rings. The molecule has 9 heteroatoms. The zero-order valence-electron chi connectivity index (χ0n) is 13.4. The van der Waals surface area contributed by atoms with Gasteiger partial charge in [0.25, 0.3) is 0 Å². The van der Waals surface area contributed by atoms with Crippen molar-refractivity contribution in [2.75, 3.05) is 0 Å². The van der Waals surface area contributed by atoms with Gasteiger partial charge in [-0.3, -0.25) is 5.10 Å². The molecule has 6 nitrogen and oxygen atoms in total. The van der Waals surface area contributed by atoms with Crippen LogP contribution in [-0.2, 0) is 12.8 Å². The molecule has 0 spiro atoms. The number of H-pyrrole nitrogens is 1. The summed E-state index contributed by atoms with van der Waals surface area (Å²) in [5.74, 6) is -0.0600. The number of nitrogens with one attached hydrogen (secondary N) is 1. The summed E-state index contributed by atoms with van der Waals surface area (Å²) in [5, 5.41) is 30.6. The fourth-order valence-corrected chi connectivity index (χ4v) is 3.01. The number of phenols is 2. The molecule has 1 heterocycles. The first kappa shape index (κ1) is 18.4. The quantitative estimate of drug-likeness (QED) is 0.433. The van der Waals surface area contributed by atoms with Crippen molar-refractivity contribution in [1.29, 1.82) is 0 Å². The van der Waals surface area contributed by atoms with Crippen molar-refractivity contribution >= 4 is 41.6 Å². The molecule has 0 aliphatic carbocycles. The molecule has 3 N–H and O–H groups in total. The maximum absolute atomic E-state index is 10.0. The Labute approximate surface area is 164 Å². The highest BCUT2D eigenvalue weighted by atomic mass is 35.5. The molecule has 1 aromatic heterocycles. The number of phenolic OH excluding ortho intramolecular Hbond substituents is 2. The van der Waals surface area contributed by atoms with Crippen LogP contribution in [0.5, 0.6) is 11.5 Å². The molecule has 0 saturated carbocycles. The Morgan fingerprint density at radius 1 is 1.15 bits per heavy atom. The third-order valence-corrected chi connectivity index (χ3v) is 4.62. The normalized spacial score (nSPS) is 11.3. The minimum absolute atomic E-state index is 0.00865. The van der Waals surface area contributed by atoms with Crippen molar-refractivity contribution in [3.8, 4) is 11.5 Å². The van der Waals surface area contributed by atoms with Crippen LogP contribution >= 0.6 is 35.4 Å². The highest BCUT2D eigenvalue weighted by Gasteiger charge is 2.14. The summed E-state index contributed by atoms with van der Waals surface area (Å²) in [6.07, 6.45) is 2.75. The second-order valence-corrected chi connectivity index (χ2v) is 6.62. The van der Waals surface area contributed by atoms with Gasteiger partial charge in [-0.2, -0.15) is 14.9 Å². The van der Waals surface area contributed by atoms with Gasteiger partial charge in [-0.25, -0.2) is 0 Å². The maximum atomic E-state index is 10.0. The molecule has 3 aromatic rings. The number of rotatable bonds is 5. The van der Waals surface area contributed by atoms with E-state index in [0.717, 1.165) is 6.42 Å². The van der Waals surface area contributed by atoms with Crippen LogP contribution in [0, 0.1) is 4.77 Å². The Bertz CT molecular complexity index is 1020. The number of aromatic hydroxyl groups is 2. The van der Waals surface area contributed by atoms with Gasteiger partial charge < -0.3 is 10.2 Å². The molecule has 0 amide bonds. The van der Waals surface area contributed by atoms with Crippen molar-refractivity contribution in [3.05, 3.63) is 68.2 Å². The molecule has 0 aliphatic rings. The number of aromatic nitrogens is 3. The highest BCUT2D eigenvalue weighted by molar-refractivity contribution is 7.71. The summed E-state index contributed by atoms with van der Waals surface area (Å²) in [6, 6.07) is 11.3. The van der Waals surface area contributed by atoms with E-state index < -0.39 is 0 Å². The number of hydrogen-bond donors (Lipinski definition) is 3. The minimum atomic E-state index is -0.383. The molecule has 26 heavy (non-hydrogen) atoms. The van der Waals surface area contributed by atoms with E-state index in [1.807, 2.05) is 30.3 Å². The molecular weight excluding hydrogens is 395 g/mol. The first-order valence-electron chi connectivity index (χ1n) is 7.62. The molecule has 0 bridgehead atoms. The lowest BCUT2D eigenvalue weighted by Gasteiger charge is -2.06. The van der Waals surface area contributed by atoms with Crippen LogP contribution in [0.15, 0.2) is 41.5 Å². The monoisotopic (exact) mass is 408 g/mol. The first-order valence-corrected chi connectivity index (χ1v) is 8.78. The van der Waals surface area contributed by atoms with Crippen LogP contribution in [0.1, 0.15) is 17.0 Å². The minimum Gasteiger partial charge on any atom is -0.506 e. The van der Waals surface area contributed by atoms with Gasteiger partial charge >= 0.3 is 0 Å². The summed E-state index contributed by atoms with van der Waals surface area (Å²) in [6.45, 7) is 0. The van der Waals surface area contributed by atoms with E-state index in [-0.39, 0.29) is 27.1 Å². The summed E-state index contributed by atoms with van der Waals surface area (Å²) >= 11 is 16.9. The summed E-state index contributed by atoms with van der Waals surface area (Å²) in [4.78, 5) is 0. The van der Waals surface area contributed by atoms with Crippen LogP contribution in [0.25, 0.3) is 0 Å². The molecule has 3 rings (SSSR count). The topological polar surface area (TPSA) is 86.4 Å². The fourth-order valence-electron chi connectivity index (χ4n) is 2.34. The van der Waals surface area contributed by atoms with E-state index in [4.69, 9.17) is 35.4 Å². The highest BCUT2D eigenvalue weighted by Crippen LogP contribution is 2.40. The summed E-state index contributed by atoms with van der Waals surface area (Å²) < 4.78 is 1.78. The average Bonchev–Trinajstić information content (AvgIpc) is 3.00. The second kappa shape index (κ2) is 7.90. The van der Waals surface area contributed by atoms with E-state index in [0.29, 0.717) is 17.0 Å². The Morgan fingerprint density at radius 3 is 2.62 bits per heavy atom. The van der Waals surface area contributed by atoms with Gasteiger partial charge in [0.15, 0.2) is 11.6 Å². The van der Waals surface area contributed by atoms with Crippen molar-refractivity contribution in [2.24, 2.45) is 5.10 Å². The largest absolute Gasteiger partial charge is 0.506 e. The second-order valence-electron chi connectivity index (χ2n) is 5.45. The fraction of sp³-hybridized carbons (Fsp3) is 0.118. The Balaban J connectivity index is 1.86. The number of benzene rings is 2. The van der Waals surface area contributed by atoms with Crippen molar-refractivity contribution in [1.82, 2.24) is 14.9 Å². The molecule has 2 aromatic carbocycles. The number of aryl methyl sites for hydroxylation is 2.